The van der Waals surface area contributed by atoms with E-state index in [1.807, 2.05) is 24.3 Å². The molecule has 0 fully saturated rings. The maximum Gasteiger partial charge on any atom is 0.145 e. The van der Waals surface area contributed by atoms with Crippen LogP contribution in [0.1, 0.15) is 5.69 Å². The number of hydrogen-bond donors (Lipinski definition) is 2. The average molecular weight is 196 g/mol. The van der Waals surface area contributed by atoms with Crippen LogP contribution < -0.4 is 0 Å². The molecule has 0 unspecified atom stereocenters. The monoisotopic (exact) mass is 196 g/mol. The topological polar surface area (TPSA) is 62.8 Å². The lowest BCUT2D eigenvalue weighted by atomic mass is 10.2. The Morgan fingerprint density at radius 2 is 2.08 bits per heavy atom. The van der Waals surface area contributed by atoms with Gasteiger partial charge in [-0.25, -0.2) is 8.42 Å². The Hall–Kier alpha value is -1.36. The van der Waals surface area contributed by atoms with Crippen LogP contribution in [0.25, 0.3) is 10.9 Å². The lowest BCUT2D eigenvalue weighted by molar-refractivity contribution is 0.613. The fourth-order valence-electron chi connectivity index (χ4n) is 1.26. The van der Waals surface area contributed by atoms with Crippen LogP contribution in [-0.4, -0.2) is 18.6 Å². The maximum atomic E-state index is 10.5. The summed E-state index contributed by atoms with van der Waals surface area (Å²) in [7, 11) is -2.41. The standard InChI is InChI=1S/C8H8N2O2S/c11-13(12)5-8-6-3-1-2-4-7(6)9-10-8/h1-4,13H,5H2,(H,9,10). The summed E-state index contributed by atoms with van der Waals surface area (Å²) in [6, 6.07) is 7.46. The summed E-state index contributed by atoms with van der Waals surface area (Å²) >= 11 is 0. The molecule has 0 bridgehead atoms. The normalized spacial score (nSPS) is 11.2. The zero-order valence-electron chi connectivity index (χ0n) is 6.73. The van der Waals surface area contributed by atoms with E-state index < -0.39 is 10.7 Å². The fraction of sp³-hybridized carbons (Fsp3) is 0.125. The molecule has 2 aromatic rings. The van der Waals surface area contributed by atoms with Gasteiger partial charge < -0.3 is 0 Å². The van der Waals surface area contributed by atoms with Crippen LogP contribution in [0.15, 0.2) is 24.3 Å². The molecule has 0 spiro atoms. The van der Waals surface area contributed by atoms with E-state index in [1.54, 1.807) is 0 Å². The van der Waals surface area contributed by atoms with Gasteiger partial charge in [0.25, 0.3) is 0 Å². The summed E-state index contributed by atoms with van der Waals surface area (Å²) in [6.45, 7) is 0. The van der Waals surface area contributed by atoms with Crippen LogP contribution in [0.4, 0.5) is 0 Å². The molecule has 4 nitrogen and oxygen atoms in total. The summed E-state index contributed by atoms with van der Waals surface area (Å²) in [5.41, 5.74) is 1.46. The molecule has 5 heteroatoms. The molecule has 0 atom stereocenters. The average Bonchev–Trinajstić information content (AvgIpc) is 2.48. The molecule has 0 amide bonds. The molecule has 0 saturated carbocycles. The van der Waals surface area contributed by atoms with Crippen LogP contribution in [0.2, 0.25) is 0 Å². The van der Waals surface area contributed by atoms with Crippen molar-refractivity contribution in [3.63, 3.8) is 0 Å². The van der Waals surface area contributed by atoms with Gasteiger partial charge in [-0.3, -0.25) is 5.10 Å². The van der Waals surface area contributed by atoms with Crippen molar-refractivity contribution in [2.45, 2.75) is 5.75 Å². The second-order valence-electron chi connectivity index (χ2n) is 2.71. The third kappa shape index (κ3) is 1.55. The largest absolute Gasteiger partial charge is 0.278 e. The van der Waals surface area contributed by atoms with Gasteiger partial charge in [-0.1, -0.05) is 18.2 Å². The number of aromatic amines is 1. The van der Waals surface area contributed by atoms with Gasteiger partial charge in [0.15, 0.2) is 0 Å². The molecule has 0 aliphatic heterocycles. The first-order valence-corrected chi connectivity index (χ1v) is 5.17. The van der Waals surface area contributed by atoms with Crippen molar-refractivity contribution in [2.24, 2.45) is 0 Å². The first-order chi connectivity index (χ1) is 6.27. The molecule has 0 saturated heterocycles. The first-order valence-electron chi connectivity index (χ1n) is 3.81. The molecule has 1 aromatic heterocycles. The minimum absolute atomic E-state index is 0.000648. The minimum atomic E-state index is -2.41. The van der Waals surface area contributed by atoms with E-state index in [0.29, 0.717) is 5.69 Å². The molecule has 0 aliphatic carbocycles. The third-order valence-electron chi connectivity index (χ3n) is 1.83. The van der Waals surface area contributed by atoms with Crippen LogP contribution >= 0.6 is 0 Å². The second kappa shape index (κ2) is 3.18. The number of H-pyrrole nitrogens is 1. The number of para-hydroxylation sites is 1. The molecule has 0 aliphatic rings. The van der Waals surface area contributed by atoms with Crippen molar-refractivity contribution >= 4 is 21.6 Å². The van der Waals surface area contributed by atoms with Crippen LogP contribution in [0.3, 0.4) is 0 Å². The Morgan fingerprint density at radius 1 is 1.31 bits per heavy atom. The quantitative estimate of drug-likeness (QED) is 0.694. The van der Waals surface area contributed by atoms with Crippen LogP contribution in [0.5, 0.6) is 0 Å². The molecule has 1 heterocycles. The zero-order valence-corrected chi connectivity index (χ0v) is 7.62. The summed E-state index contributed by atoms with van der Waals surface area (Å²) in [4.78, 5) is 0. The lowest BCUT2D eigenvalue weighted by Gasteiger charge is -1.88. The number of nitrogens with one attached hydrogen (secondary N) is 1. The van der Waals surface area contributed by atoms with Gasteiger partial charge in [0.05, 0.1) is 17.0 Å². The van der Waals surface area contributed by atoms with Crippen molar-refractivity contribution in [2.75, 3.05) is 0 Å². The molecule has 2 rings (SSSR count). The third-order valence-corrected chi connectivity index (χ3v) is 2.39. The highest BCUT2D eigenvalue weighted by Gasteiger charge is 2.04. The number of fused-ring (bicyclic) bond motifs is 1. The second-order valence-corrected chi connectivity index (χ2v) is 3.69. The zero-order chi connectivity index (χ0) is 9.26. The molecular weight excluding hydrogens is 188 g/mol. The SMILES string of the molecule is O=[SH](=O)Cc1n[nH]c2ccccc12. The van der Waals surface area contributed by atoms with Crippen LogP contribution in [0, 0.1) is 0 Å². The molecule has 0 radical (unpaired) electrons. The fourth-order valence-corrected chi connectivity index (χ4v) is 1.75. The smallest absolute Gasteiger partial charge is 0.145 e. The number of nitrogens with zero attached hydrogens (tertiary/aromatic N) is 1. The number of rotatable bonds is 2. The van der Waals surface area contributed by atoms with Crippen molar-refractivity contribution in [1.82, 2.24) is 10.2 Å². The summed E-state index contributed by atoms with van der Waals surface area (Å²) < 4.78 is 21.0. The highest BCUT2D eigenvalue weighted by Crippen LogP contribution is 2.15. The lowest BCUT2D eigenvalue weighted by Crippen LogP contribution is -1.86. The van der Waals surface area contributed by atoms with E-state index in [9.17, 15) is 8.42 Å². The predicted molar refractivity (Wildman–Crippen MR) is 50.1 cm³/mol. The summed E-state index contributed by atoms with van der Waals surface area (Å²) in [6.07, 6.45) is 0. The van der Waals surface area contributed by atoms with Gasteiger partial charge in [0.1, 0.15) is 10.7 Å². The molecule has 68 valence electrons. The highest BCUT2D eigenvalue weighted by atomic mass is 32.2. The molecule has 1 N–H and O–H groups in total. The first kappa shape index (κ1) is 8.25. The Balaban J connectivity index is 2.57. The van der Waals surface area contributed by atoms with Crippen molar-refractivity contribution in [1.29, 1.82) is 0 Å². The Kier molecular flexibility index (Phi) is 2.02. The van der Waals surface area contributed by atoms with Crippen molar-refractivity contribution in [3.05, 3.63) is 30.0 Å². The van der Waals surface area contributed by atoms with Gasteiger partial charge in [-0.2, -0.15) is 5.10 Å². The number of benzene rings is 1. The van der Waals surface area contributed by atoms with Gasteiger partial charge in [-0.05, 0) is 6.07 Å². The number of hydrogen-bond acceptors (Lipinski definition) is 3. The van der Waals surface area contributed by atoms with Gasteiger partial charge in [0.2, 0.25) is 0 Å². The van der Waals surface area contributed by atoms with E-state index in [0.717, 1.165) is 10.9 Å². The Labute approximate surface area is 76.5 Å². The van der Waals surface area contributed by atoms with E-state index in [2.05, 4.69) is 10.2 Å². The summed E-state index contributed by atoms with van der Waals surface area (Å²) in [5, 5.41) is 7.58. The van der Waals surface area contributed by atoms with E-state index in [-0.39, 0.29) is 5.75 Å². The van der Waals surface area contributed by atoms with Gasteiger partial charge >= 0.3 is 0 Å². The summed E-state index contributed by atoms with van der Waals surface area (Å²) in [5.74, 6) is -0.000648. The van der Waals surface area contributed by atoms with Gasteiger partial charge in [0, 0.05) is 5.39 Å². The number of aromatic nitrogens is 2. The van der Waals surface area contributed by atoms with E-state index in [1.165, 1.54) is 0 Å². The van der Waals surface area contributed by atoms with E-state index in [4.69, 9.17) is 0 Å². The molecular formula is C8H8N2O2S. The molecule has 13 heavy (non-hydrogen) atoms. The Morgan fingerprint density at radius 3 is 2.85 bits per heavy atom. The minimum Gasteiger partial charge on any atom is -0.278 e. The van der Waals surface area contributed by atoms with Crippen LogP contribution in [-0.2, 0) is 16.5 Å². The maximum absolute atomic E-state index is 10.5. The van der Waals surface area contributed by atoms with E-state index >= 15 is 0 Å². The van der Waals surface area contributed by atoms with Crippen molar-refractivity contribution in [3.8, 4) is 0 Å². The predicted octanol–water partition coefficient (Wildman–Crippen LogP) is 0.674. The highest BCUT2D eigenvalue weighted by molar-refractivity contribution is 7.71. The Bertz CT molecular complexity index is 494. The van der Waals surface area contributed by atoms with Crippen molar-refractivity contribution < 1.29 is 8.42 Å². The van der Waals surface area contributed by atoms with Gasteiger partial charge in [-0.15, -0.1) is 0 Å². The number of thiol groups is 1. The molecule has 1 aromatic carbocycles.